The molecular weight excluding hydrogens is 220 g/mol. The van der Waals surface area contributed by atoms with Gasteiger partial charge in [-0.3, -0.25) is 0 Å². The van der Waals surface area contributed by atoms with Crippen LogP contribution in [0.1, 0.15) is 24.5 Å². The first kappa shape index (κ1) is 12.3. The molecule has 0 radical (unpaired) electrons. The maximum absolute atomic E-state index is 5.74. The summed E-state index contributed by atoms with van der Waals surface area (Å²) in [5.74, 6) is 7.03. The summed E-state index contributed by atoms with van der Waals surface area (Å²) in [6.45, 7) is 2.63. The zero-order chi connectivity index (χ0) is 12.6. The summed E-state index contributed by atoms with van der Waals surface area (Å²) in [4.78, 5) is 0. The molecule has 1 heteroatoms. The van der Waals surface area contributed by atoms with Gasteiger partial charge in [0.15, 0.2) is 0 Å². The van der Waals surface area contributed by atoms with Gasteiger partial charge in [0, 0.05) is 12.0 Å². The maximum Gasteiger partial charge on any atom is 0.121 e. The quantitative estimate of drug-likeness (QED) is 0.731. The summed E-state index contributed by atoms with van der Waals surface area (Å²) in [7, 11) is 0. The van der Waals surface area contributed by atoms with E-state index in [9.17, 15) is 0 Å². The smallest absolute Gasteiger partial charge is 0.121 e. The molecule has 0 aliphatic carbocycles. The van der Waals surface area contributed by atoms with Crippen LogP contribution in [0.25, 0.3) is 0 Å². The van der Waals surface area contributed by atoms with Crippen LogP contribution in [0.2, 0.25) is 0 Å². The van der Waals surface area contributed by atoms with E-state index in [0.717, 1.165) is 17.7 Å². The lowest BCUT2D eigenvalue weighted by molar-refractivity contribution is 0.306. The summed E-state index contributed by atoms with van der Waals surface area (Å²) >= 11 is 0. The third kappa shape index (κ3) is 3.68. The standard InChI is InChI=1S/C17H16O/c1-2-3-8-15-11-7-12-17(13-15)18-14-16-9-5-4-6-10-16/h4-7,9-13H,2,14H2,1H3. The van der Waals surface area contributed by atoms with Crippen LogP contribution in [0.5, 0.6) is 5.75 Å². The van der Waals surface area contributed by atoms with E-state index >= 15 is 0 Å². The van der Waals surface area contributed by atoms with Gasteiger partial charge in [-0.05, 0) is 23.8 Å². The average molecular weight is 236 g/mol. The summed E-state index contributed by atoms with van der Waals surface area (Å²) in [5, 5.41) is 0. The van der Waals surface area contributed by atoms with Gasteiger partial charge in [0.05, 0.1) is 0 Å². The Hall–Kier alpha value is -2.20. The molecule has 0 fully saturated rings. The van der Waals surface area contributed by atoms with E-state index in [0.29, 0.717) is 6.61 Å². The molecule has 2 aromatic carbocycles. The minimum Gasteiger partial charge on any atom is -0.489 e. The zero-order valence-corrected chi connectivity index (χ0v) is 10.5. The normalized spacial score (nSPS) is 9.39. The lowest BCUT2D eigenvalue weighted by Crippen LogP contribution is -1.94. The molecule has 0 saturated heterocycles. The van der Waals surface area contributed by atoms with Gasteiger partial charge < -0.3 is 4.74 Å². The van der Waals surface area contributed by atoms with Gasteiger partial charge >= 0.3 is 0 Å². The van der Waals surface area contributed by atoms with E-state index < -0.39 is 0 Å². The SMILES string of the molecule is CCC#Cc1cccc(OCc2ccccc2)c1. The predicted molar refractivity (Wildman–Crippen MR) is 74.4 cm³/mol. The minimum absolute atomic E-state index is 0.589. The summed E-state index contributed by atoms with van der Waals surface area (Å²) in [6, 6.07) is 18.1. The minimum atomic E-state index is 0.589. The molecule has 1 nitrogen and oxygen atoms in total. The van der Waals surface area contributed by atoms with E-state index in [4.69, 9.17) is 4.74 Å². The van der Waals surface area contributed by atoms with Gasteiger partial charge in [0.2, 0.25) is 0 Å². The number of hydrogen-bond donors (Lipinski definition) is 0. The Bertz CT molecular complexity index is 547. The van der Waals surface area contributed by atoms with E-state index in [1.165, 1.54) is 5.56 Å². The van der Waals surface area contributed by atoms with Gasteiger partial charge in [-0.15, -0.1) is 0 Å². The molecule has 0 saturated carbocycles. The van der Waals surface area contributed by atoms with Crippen LogP contribution < -0.4 is 4.74 Å². The Morgan fingerprint density at radius 2 is 1.83 bits per heavy atom. The monoisotopic (exact) mass is 236 g/mol. The van der Waals surface area contributed by atoms with Crippen molar-refractivity contribution in [2.75, 3.05) is 0 Å². The summed E-state index contributed by atoms with van der Waals surface area (Å²) in [5.41, 5.74) is 2.17. The molecule has 0 aromatic heterocycles. The largest absolute Gasteiger partial charge is 0.489 e. The fourth-order valence-electron chi connectivity index (χ4n) is 1.59. The highest BCUT2D eigenvalue weighted by molar-refractivity contribution is 5.39. The number of hydrogen-bond acceptors (Lipinski definition) is 1. The van der Waals surface area contributed by atoms with Crippen LogP contribution in [0.15, 0.2) is 54.6 Å². The van der Waals surface area contributed by atoms with Crippen molar-refractivity contribution in [1.82, 2.24) is 0 Å². The summed E-state index contributed by atoms with van der Waals surface area (Å²) in [6.07, 6.45) is 0.870. The highest BCUT2D eigenvalue weighted by Gasteiger charge is 1.96. The molecule has 90 valence electrons. The molecular formula is C17H16O. The highest BCUT2D eigenvalue weighted by Crippen LogP contribution is 2.14. The van der Waals surface area contributed by atoms with Crippen LogP contribution >= 0.6 is 0 Å². The van der Waals surface area contributed by atoms with Crippen LogP contribution in [-0.2, 0) is 6.61 Å². The van der Waals surface area contributed by atoms with Crippen molar-refractivity contribution < 1.29 is 4.74 Å². The first-order valence-electron chi connectivity index (χ1n) is 6.14. The Kier molecular flexibility index (Phi) is 4.44. The maximum atomic E-state index is 5.74. The molecule has 0 heterocycles. The average Bonchev–Trinajstić information content (AvgIpc) is 2.44. The first-order valence-corrected chi connectivity index (χ1v) is 6.14. The number of rotatable bonds is 3. The second kappa shape index (κ2) is 6.51. The lowest BCUT2D eigenvalue weighted by atomic mass is 10.2. The van der Waals surface area contributed by atoms with E-state index in [-0.39, 0.29) is 0 Å². The van der Waals surface area contributed by atoms with E-state index in [1.54, 1.807) is 0 Å². The Balaban J connectivity index is 2.01. The molecule has 0 aliphatic rings. The molecule has 0 aliphatic heterocycles. The molecule has 0 atom stereocenters. The van der Waals surface area contributed by atoms with Crippen molar-refractivity contribution >= 4 is 0 Å². The topological polar surface area (TPSA) is 9.23 Å². The fraction of sp³-hybridized carbons (Fsp3) is 0.176. The second-order valence-electron chi connectivity index (χ2n) is 3.96. The van der Waals surface area contributed by atoms with Crippen LogP contribution in [0.3, 0.4) is 0 Å². The second-order valence-corrected chi connectivity index (χ2v) is 3.96. The van der Waals surface area contributed by atoms with Crippen LogP contribution in [0, 0.1) is 11.8 Å². The van der Waals surface area contributed by atoms with Crippen molar-refractivity contribution in [1.29, 1.82) is 0 Å². The molecule has 0 bridgehead atoms. The van der Waals surface area contributed by atoms with Crippen LogP contribution in [-0.4, -0.2) is 0 Å². The number of ether oxygens (including phenoxy) is 1. The molecule has 2 aromatic rings. The lowest BCUT2D eigenvalue weighted by Gasteiger charge is -2.06. The van der Waals surface area contributed by atoms with Gasteiger partial charge in [-0.2, -0.15) is 0 Å². The third-order valence-corrected chi connectivity index (χ3v) is 2.49. The van der Waals surface area contributed by atoms with Crippen molar-refractivity contribution in [3.8, 4) is 17.6 Å². The van der Waals surface area contributed by atoms with Gasteiger partial charge in [0.25, 0.3) is 0 Å². The Morgan fingerprint density at radius 1 is 1.00 bits per heavy atom. The molecule has 18 heavy (non-hydrogen) atoms. The predicted octanol–water partition coefficient (Wildman–Crippen LogP) is 4.03. The van der Waals surface area contributed by atoms with E-state index in [2.05, 4.69) is 24.0 Å². The fourth-order valence-corrected chi connectivity index (χ4v) is 1.59. The summed E-state index contributed by atoms with van der Waals surface area (Å²) < 4.78 is 5.74. The Morgan fingerprint density at radius 3 is 2.61 bits per heavy atom. The molecule has 0 spiro atoms. The van der Waals surface area contributed by atoms with Crippen molar-refractivity contribution in [3.05, 3.63) is 65.7 Å². The molecule has 2 rings (SSSR count). The third-order valence-electron chi connectivity index (χ3n) is 2.49. The molecule has 0 unspecified atom stereocenters. The first-order chi connectivity index (χ1) is 8.88. The molecule has 0 amide bonds. The van der Waals surface area contributed by atoms with Crippen molar-refractivity contribution in [3.63, 3.8) is 0 Å². The molecule has 0 N–H and O–H groups in total. The van der Waals surface area contributed by atoms with Gasteiger partial charge in [0.1, 0.15) is 12.4 Å². The highest BCUT2D eigenvalue weighted by atomic mass is 16.5. The Labute approximate surface area is 108 Å². The van der Waals surface area contributed by atoms with Crippen molar-refractivity contribution in [2.45, 2.75) is 20.0 Å². The van der Waals surface area contributed by atoms with Crippen molar-refractivity contribution in [2.24, 2.45) is 0 Å². The number of benzene rings is 2. The zero-order valence-electron chi connectivity index (χ0n) is 10.5. The van der Waals surface area contributed by atoms with E-state index in [1.807, 2.05) is 49.4 Å². The van der Waals surface area contributed by atoms with Crippen LogP contribution in [0.4, 0.5) is 0 Å². The van der Waals surface area contributed by atoms with Gasteiger partial charge in [-0.1, -0.05) is 55.2 Å². The van der Waals surface area contributed by atoms with Gasteiger partial charge in [-0.25, -0.2) is 0 Å².